The second kappa shape index (κ2) is 37.0. The lowest BCUT2D eigenvalue weighted by Crippen LogP contribution is -2.38. The maximum atomic E-state index is 12.0. The molecule has 0 aromatic heterocycles. The van der Waals surface area contributed by atoms with Crippen LogP contribution >= 0.6 is 12.5 Å². The highest BCUT2D eigenvalue weighted by atomic mass is 32.1. The smallest absolute Gasteiger partial charge is 0.305 e. The molecule has 0 aliphatic carbocycles. The molecular weight excluding hydrogens is 733 g/mol. The van der Waals surface area contributed by atoms with Crippen molar-refractivity contribution in [1.82, 2.24) is 4.90 Å². The zero-order valence-corrected chi connectivity index (χ0v) is 39.0. The van der Waals surface area contributed by atoms with Crippen molar-refractivity contribution in [3.63, 3.8) is 0 Å². The number of nitrogens with two attached hydrogens (primary N) is 1. The van der Waals surface area contributed by atoms with Gasteiger partial charge in [0.25, 0.3) is 0 Å². The summed E-state index contributed by atoms with van der Waals surface area (Å²) < 4.78 is 19.9. The van der Waals surface area contributed by atoms with Gasteiger partial charge in [0.1, 0.15) is 6.91 Å². The van der Waals surface area contributed by atoms with E-state index in [1.165, 1.54) is 39.9 Å². The number of nitrogens with zero attached hydrogens (tertiary/aromatic N) is 1. The predicted molar refractivity (Wildman–Crippen MR) is 232 cm³/mol. The van der Waals surface area contributed by atoms with Crippen LogP contribution in [0, 0.1) is 16.2 Å². The molecule has 0 bridgehead atoms. The fourth-order valence-electron chi connectivity index (χ4n) is 6.71. The molecule has 0 atom stereocenters. The molecule has 1 rings (SSSR count). The van der Waals surface area contributed by atoms with Crippen molar-refractivity contribution in [2.45, 2.75) is 198 Å². The summed E-state index contributed by atoms with van der Waals surface area (Å²) in [5.74, 6) is -1.05. The van der Waals surface area contributed by atoms with Gasteiger partial charge in [0.05, 0.1) is 21.0 Å². The highest BCUT2D eigenvalue weighted by Gasteiger charge is 2.38. The number of thiol groups is 1. The Morgan fingerprint density at radius 2 is 0.964 bits per heavy atom. The molecule has 332 valence electrons. The van der Waals surface area contributed by atoms with Crippen LogP contribution in [-0.4, -0.2) is 75.3 Å². The molecule has 2 N–H and O–H groups in total. The van der Waals surface area contributed by atoms with E-state index in [2.05, 4.69) is 57.9 Å². The molecule has 0 aromatic carbocycles. The Morgan fingerprint density at radius 3 is 1.29 bits per heavy atom. The first kappa shape index (κ1) is 58.0. The summed E-state index contributed by atoms with van der Waals surface area (Å²) in [7, 11) is 2.76. The SMILES string of the molecule is CCC(CC)(CC)CC.CCC(CC)(CC)CC(=O)CCCCC(=O)OC.CCC(CC)(CC)CC(=O)N1C(=O)CCC1=O.COC(=O)CCCOCN.[2H]SC. The molecule has 0 unspecified atom stereocenters. The van der Waals surface area contributed by atoms with Gasteiger partial charge < -0.3 is 19.9 Å². The molecule has 3 amide bonds. The van der Waals surface area contributed by atoms with Gasteiger partial charge in [-0.2, -0.15) is 12.5 Å². The van der Waals surface area contributed by atoms with Crippen LogP contribution in [0.5, 0.6) is 0 Å². The number of imide groups is 3. The van der Waals surface area contributed by atoms with Gasteiger partial charge >= 0.3 is 11.9 Å². The molecule has 1 saturated heterocycles. The Morgan fingerprint density at radius 1 is 0.625 bits per heavy atom. The van der Waals surface area contributed by atoms with Crippen molar-refractivity contribution in [3.05, 3.63) is 0 Å². The number of carbonyl (C=O) groups excluding carboxylic acids is 6. The number of Topliss-reactive ketones (excluding diaryl/α,β-unsaturated/α-hetero) is 1. The average Bonchev–Trinajstić information content (AvgIpc) is 3.58. The molecular formula is C44H86N2O9S. The van der Waals surface area contributed by atoms with Crippen LogP contribution in [0.2, 0.25) is 0 Å². The van der Waals surface area contributed by atoms with Gasteiger partial charge in [-0.05, 0) is 61.0 Å². The molecule has 1 fully saturated rings. The second-order valence-corrected chi connectivity index (χ2v) is 14.5. The number of amides is 3. The van der Waals surface area contributed by atoms with Gasteiger partial charge in [-0.15, -0.1) is 0 Å². The quantitative estimate of drug-likeness (QED) is 0.0315. The largest absolute Gasteiger partial charge is 0.469 e. The number of likely N-dealkylation sites (tertiary alicyclic amines) is 1. The van der Waals surface area contributed by atoms with Gasteiger partial charge in [-0.1, -0.05) is 114 Å². The highest BCUT2D eigenvalue weighted by Crippen LogP contribution is 2.36. The van der Waals surface area contributed by atoms with Crippen LogP contribution in [0.4, 0.5) is 0 Å². The molecule has 0 aromatic rings. The molecule has 0 radical (unpaired) electrons. The zero-order valence-electron chi connectivity index (χ0n) is 39.2. The van der Waals surface area contributed by atoms with Crippen molar-refractivity contribution in [2.24, 2.45) is 22.0 Å². The lowest BCUT2D eigenvalue weighted by molar-refractivity contribution is -0.151. The fraction of sp³-hybridized carbons (Fsp3) is 0.864. The molecule has 0 spiro atoms. The van der Waals surface area contributed by atoms with E-state index >= 15 is 0 Å². The number of unbranched alkanes of at least 4 members (excludes halogenated alkanes) is 1. The van der Waals surface area contributed by atoms with E-state index in [-0.39, 0.29) is 60.1 Å². The van der Waals surface area contributed by atoms with Crippen molar-refractivity contribution in [2.75, 3.05) is 33.8 Å². The second-order valence-electron chi connectivity index (χ2n) is 14.5. The first-order chi connectivity index (χ1) is 27.0. The van der Waals surface area contributed by atoms with Crippen LogP contribution < -0.4 is 5.73 Å². The average molecular weight is 820 g/mol. The Kier molecular flexibility index (Phi) is 38.3. The number of ether oxygens (including phenoxy) is 3. The van der Waals surface area contributed by atoms with Gasteiger partial charge in [0.15, 0.2) is 0 Å². The summed E-state index contributed by atoms with van der Waals surface area (Å²) in [6.45, 7) is 22.6. The molecule has 1 heterocycles. The Labute approximate surface area is 349 Å². The monoisotopic (exact) mass is 820 g/mol. The number of rotatable bonds is 24. The molecule has 0 saturated carbocycles. The fourth-order valence-corrected chi connectivity index (χ4v) is 6.71. The number of methoxy groups -OCH3 is 2. The standard InChI is InChI=1S/C15H28O3.C13H21NO3.C9H20.C6H13NO3.CH4S/c1-5-15(6-2,7-3)12-13(16)10-8-9-11-14(17)18-4;1-4-13(5-2,6-3)9-12(17)14-10(15)7-8-11(14)16;1-5-9(6-2,7-3)8-4;1-9-6(8)3-2-4-10-5-7;1-2/h5-12H2,1-4H3;4-9H2,1-3H3;5-8H2,1-4H3;2-5,7H2,1H3;2H,1H3/i/hD. The first-order valence-electron chi connectivity index (χ1n) is 21.7. The van der Waals surface area contributed by atoms with Crippen LogP contribution in [0.25, 0.3) is 0 Å². The van der Waals surface area contributed by atoms with Crippen molar-refractivity contribution >= 4 is 48.0 Å². The minimum Gasteiger partial charge on any atom is -0.469 e. The zero-order chi connectivity index (χ0) is 44.9. The number of esters is 2. The summed E-state index contributed by atoms with van der Waals surface area (Å²) in [5.41, 5.74) is 5.83. The highest BCUT2D eigenvalue weighted by molar-refractivity contribution is 7.79. The summed E-state index contributed by atoms with van der Waals surface area (Å²) in [5, 5.41) is 0. The molecule has 1 aliphatic rings. The van der Waals surface area contributed by atoms with Crippen LogP contribution in [0.1, 0.15) is 198 Å². The van der Waals surface area contributed by atoms with Gasteiger partial charge in [-0.3, -0.25) is 28.8 Å². The molecule has 56 heavy (non-hydrogen) atoms. The van der Waals surface area contributed by atoms with Crippen LogP contribution in [0.3, 0.4) is 0 Å². The van der Waals surface area contributed by atoms with Gasteiger partial charge in [0, 0.05) is 51.6 Å². The normalized spacial score (nSPS) is 12.7. The molecule has 11 nitrogen and oxygen atoms in total. The summed E-state index contributed by atoms with van der Waals surface area (Å²) >= 11 is 1.000. The third kappa shape index (κ3) is 25.8. The predicted octanol–water partition coefficient (Wildman–Crippen LogP) is 10.2. The Balaban J connectivity index is -0.000000333. The van der Waals surface area contributed by atoms with Crippen LogP contribution in [-0.2, 0) is 43.0 Å². The van der Waals surface area contributed by atoms with Crippen molar-refractivity contribution in [1.29, 1.82) is 1.12 Å². The topological polar surface area (TPSA) is 159 Å². The van der Waals surface area contributed by atoms with E-state index in [1.807, 2.05) is 20.8 Å². The third-order valence-electron chi connectivity index (χ3n) is 12.2. The van der Waals surface area contributed by atoms with E-state index < -0.39 is 0 Å². The Bertz CT molecular complexity index is 1030. The van der Waals surface area contributed by atoms with Gasteiger partial charge in [0.2, 0.25) is 17.7 Å². The molecule has 1 aliphatic heterocycles. The lowest BCUT2D eigenvalue weighted by atomic mass is 9.75. The maximum absolute atomic E-state index is 12.0. The maximum Gasteiger partial charge on any atom is 0.305 e. The van der Waals surface area contributed by atoms with Gasteiger partial charge in [-0.25, -0.2) is 4.90 Å². The van der Waals surface area contributed by atoms with E-state index in [1.54, 1.807) is 6.26 Å². The van der Waals surface area contributed by atoms with E-state index in [4.69, 9.17) is 11.6 Å². The lowest BCUT2D eigenvalue weighted by Gasteiger charge is -2.30. The molecule has 12 heteroatoms. The number of hydrogen-bond donors (Lipinski definition) is 2. The Hall–Kier alpha value is -2.31. The number of carbonyl (C=O) groups is 6. The number of hydrogen-bond acceptors (Lipinski definition) is 11. The van der Waals surface area contributed by atoms with E-state index in [0.717, 1.165) is 68.8 Å². The summed E-state index contributed by atoms with van der Waals surface area (Å²) in [6, 6.07) is 0. The summed E-state index contributed by atoms with van der Waals surface area (Å²) in [6.07, 6.45) is 17.9. The minimum absolute atomic E-state index is 0.0692. The van der Waals surface area contributed by atoms with E-state index in [0.29, 0.717) is 56.3 Å². The van der Waals surface area contributed by atoms with Crippen molar-refractivity contribution < 1.29 is 43.0 Å². The minimum atomic E-state index is -0.336. The summed E-state index contributed by atoms with van der Waals surface area (Å²) in [4.78, 5) is 69.1. The van der Waals surface area contributed by atoms with E-state index in [9.17, 15) is 28.8 Å². The first-order valence-corrected chi connectivity index (χ1v) is 22.1. The van der Waals surface area contributed by atoms with Crippen LogP contribution in [0.15, 0.2) is 0 Å². The third-order valence-corrected chi connectivity index (χ3v) is 12.2. The van der Waals surface area contributed by atoms with Crippen molar-refractivity contribution in [3.8, 4) is 0 Å². The number of ketones is 1.